The van der Waals surface area contributed by atoms with Crippen LogP contribution in [0.1, 0.15) is 106 Å². The zero-order valence-corrected chi connectivity index (χ0v) is 25.6. The summed E-state index contributed by atoms with van der Waals surface area (Å²) in [6.45, 7) is 17.2. The minimum atomic E-state index is -0.422. The van der Waals surface area contributed by atoms with Gasteiger partial charge in [-0.15, -0.1) is 0 Å². The van der Waals surface area contributed by atoms with Gasteiger partial charge in [-0.2, -0.15) is 0 Å². The van der Waals surface area contributed by atoms with Gasteiger partial charge in [-0.25, -0.2) is 0 Å². The van der Waals surface area contributed by atoms with Gasteiger partial charge in [0.2, 0.25) is 0 Å². The number of carbonyl (C=O) groups is 1. The molecule has 0 unspecified atom stereocenters. The van der Waals surface area contributed by atoms with E-state index in [0.29, 0.717) is 29.4 Å². The Morgan fingerprint density at radius 1 is 0.872 bits per heavy atom. The Balaban J connectivity index is 1.41. The van der Waals surface area contributed by atoms with Crippen molar-refractivity contribution in [3.8, 4) is 5.75 Å². The Kier molecular flexibility index (Phi) is 6.32. The van der Waals surface area contributed by atoms with Crippen LogP contribution in [-0.2, 0) is 4.79 Å². The van der Waals surface area contributed by atoms with Crippen LogP contribution in [0.15, 0.2) is 42.0 Å². The third-order valence-electron chi connectivity index (χ3n) is 14.3. The Morgan fingerprint density at radius 2 is 1.59 bits per heavy atom. The molecule has 39 heavy (non-hydrogen) atoms. The van der Waals surface area contributed by atoms with Crippen molar-refractivity contribution >= 4 is 5.97 Å². The highest BCUT2D eigenvalue weighted by Crippen LogP contribution is 2.75. The predicted molar refractivity (Wildman–Crippen MR) is 157 cm³/mol. The van der Waals surface area contributed by atoms with Gasteiger partial charge in [0.25, 0.3) is 0 Å². The van der Waals surface area contributed by atoms with E-state index in [9.17, 15) is 9.90 Å². The molecular formula is C36H52O3. The number of allylic oxidation sites excluding steroid dienone is 2. The van der Waals surface area contributed by atoms with Gasteiger partial charge >= 0.3 is 5.97 Å². The Morgan fingerprint density at radius 3 is 2.31 bits per heavy atom. The average molecular weight is 533 g/mol. The molecule has 0 heterocycles. The molecule has 5 aliphatic carbocycles. The third kappa shape index (κ3) is 3.60. The molecule has 1 aromatic rings. The van der Waals surface area contributed by atoms with Crippen molar-refractivity contribution in [2.45, 2.75) is 112 Å². The van der Waals surface area contributed by atoms with E-state index in [-0.39, 0.29) is 39.7 Å². The minimum absolute atomic E-state index is 0.00589. The van der Waals surface area contributed by atoms with E-state index in [0.717, 1.165) is 44.9 Å². The summed E-state index contributed by atoms with van der Waals surface area (Å²) >= 11 is 0. The van der Waals surface area contributed by atoms with E-state index in [2.05, 4.69) is 54.5 Å². The van der Waals surface area contributed by atoms with Crippen LogP contribution in [0, 0.1) is 56.7 Å². The van der Waals surface area contributed by atoms with E-state index >= 15 is 0 Å². The van der Waals surface area contributed by atoms with Crippen molar-refractivity contribution in [1.29, 1.82) is 0 Å². The lowest BCUT2D eigenvalue weighted by Gasteiger charge is -2.71. The number of fused-ring (bicyclic) bond motifs is 7. The van der Waals surface area contributed by atoms with Crippen LogP contribution in [0.25, 0.3) is 0 Å². The maximum Gasteiger partial charge on any atom is 0.318 e. The maximum atomic E-state index is 14.2. The van der Waals surface area contributed by atoms with Gasteiger partial charge in [0.1, 0.15) is 5.75 Å². The lowest BCUT2D eigenvalue weighted by atomic mass is 9.33. The first kappa shape index (κ1) is 27.6. The monoisotopic (exact) mass is 532 g/mol. The second-order valence-corrected chi connectivity index (χ2v) is 15.9. The van der Waals surface area contributed by atoms with Crippen molar-refractivity contribution in [1.82, 2.24) is 0 Å². The molecule has 0 spiro atoms. The number of ether oxygens (including phenoxy) is 1. The second-order valence-electron chi connectivity index (χ2n) is 15.9. The molecular weight excluding hydrogens is 480 g/mol. The summed E-state index contributed by atoms with van der Waals surface area (Å²) < 4.78 is 6.17. The first-order valence-corrected chi connectivity index (χ1v) is 16.0. The third-order valence-corrected chi connectivity index (χ3v) is 14.3. The summed E-state index contributed by atoms with van der Waals surface area (Å²) in [5.74, 6) is 3.18. The molecule has 0 bridgehead atoms. The highest BCUT2D eigenvalue weighted by atomic mass is 16.5. The molecule has 214 valence electrons. The van der Waals surface area contributed by atoms with Crippen LogP contribution in [0.2, 0.25) is 0 Å². The SMILES string of the molecule is C[C@H]1[C@H](C)CC[C@]2(C(=O)Oc3ccccc3)CC[C@]3(C)C(=CC[C@@H]4[C@@]5(C)CC[C@H](O)C(C)(C)[C@@H]5CC[C@]43C)[C@H]12. The van der Waals surface area contributed by atoms with E-state index in [1.807, 2.05) is 30.3 Å². The Bertz CT molecular complexity index is 1150. The largest absolute Gasteiger partial charge is 0.426 e. The molecule has 3 nitrogen and oxygen atoms in total. The highest BCUT2D eigenvalue weighted by Gasteiger charge is 2.69. The summed E-state index contributed by atoms with van der Waals surface area (Å²) in [4.78, 5) is 14.2. The summed E-state index contributed by atoms with van der Waals surface area (Å²) in [6, 6.07) is 9.71. The number of hydrogen-bond acceptors (Lipinski definition) is 3. The Hall–Kier alpha value is -1.61. The lowest BCUT2D eigenvalue weighted by molar-refractivity contribution is -0.206. The maximum absolute atomic E-state index is 14.2. The van der Waals surface area contributed by atoms with Crippen LogP contribution in [0.4, 0.5) is 0 Å². The van der Waals surface area contributed by atoms with E-state index in [1.54, 1.807) is 5.57 Å². The molecule has 1 N–H and O–H groups in total. The van der Waals surface area contributed by atoms with Gasteiger partial charge in [-0.05, 0) is 121 Å². The zero-order valence-electron chi connectivity index (χ0n) is 25.6. The van der Waals surface area contributed by atoms with Crippen molar-refractivity contribution in [3.05, 3.63) is 42.0 Å². The average Bonchev–Trinajstić information content (AvgIpc) is 2.89. The predicted octanol–water partition coefficient (Wildman–Crippen LogP) is 8.61. The van der Waals surface area contributed by atoms with Crippen LogP contribution in [-0.4, -0.2) is 17.2 Å². The quantitative estimate of drug-likeness (QED) is 0.236. The van der Waals surface area contributed by atoms with Crippen LogP contribution < -0.4 is 4.74 Å². The summed E-state index contributed by atoms with van der Waals surface area (Å²) in [5, 5.41) is 11.0. The molecule has 0 aliphatic heterocycles. The second kappa shape index (κ2) is 8.94. The molecule has 0 radical (unpaired) electrons. The van der Waals surface area contributed by atoms with E-state index < -0.39 is 5.41 Å². The Labute approximate surface area is 237 Å². The molecule has 3 heteroatoms. The number of benzene rings is 1. The van der Waals surface area contributed by atoms with Gasteiger partial charge < -0.3 is 9.84 Å². The molecule has 0 saturated heterocycles. The number of aliphatic hydroxyl groups is 1. The lowest BCUT2D eigenvalue weighted by Crippen LogP contribution is -2.65. The van der Waals surface area contributed by atoms with Gasteiger partial charge in [-0.3, -0.25) is 4.79 Å². The van der Waals surface area contributed by atoms with E-state index in [4.69, 9.17) is 4.74 Å². The molecule has 0 amide bonds. The number of carbonyl (C=O) groups excluding carboxylic acids is 1. The molecule has 4 fully saturated rings. The molecule has 1 aromatic carbocycles. The molecule has 5 aliphatic rings. The van der Waals surface area contributed by atoms with Crippen molar-refractivity contribution < 1.29 is 14.6 Å². The topological polar surface area (TPSA) is 46.5 Å². The van der Waals surface area contributed by atoms with Gasteiger partial charge in [0.05, 0.1) is 11.5 Å². The number of rotatable bonds is 2. The molecule has 10 atom stereocenters. The molecule has 0 aromatic heterocycles. The van der Waals surface area contributed by atoms with Gasteiger partial charge in [0, 0.05) is 0 Å². The number of hydrogen-bond donors (Lipinski definition) is 1. The summed E-state index contributed by atoms with van der Waals surface area (Å²) in [6.07, 6.45) is 12.1. The molecule has 6 rings (SSSR count). The summed E-state index contributed by atoms with van der Waals surface area (Å²) in [5.41, 5.74) is 1.68. The van der Waals surface area contributed by atoms with Crippen molar-refractivity contribution in [3.63, 3.8) is 0 Å². The van der Waals surface area contributed by atoms with E-state index in [1.165, 1.54) is 12.8 Å². The first-order chi connectivity index (χ1) is 18.3. The number of para-hydroxylation sites is 1. The fraction of sp³-hybridized carbons (Fsp3) is 0.750. The smallest absolute Gasteiger partial charge is 0.318 e. The van der Waals surface area contributed by atoms with Crippen molar-refractivity contribution in [2.24, 2.45) is 56.7 Å². The fourth-order valence-corrected chi connectivity index (χ4v) is 11.5. The van der Waals surface area contributed by atoms with Crippen LogP contribution >= 0.6 is 0 Å². The fourth-order valence-electron chi connectivity index (χ4n) is 11.5. The first-order valence-electron chi connectivity index (χ1n) is 16.0. The standard InChI is InChI=1S/C36H52O3/c1-23-15-20-36(31(38)39-25-11-9-8-10-12-25)22-21-34(6)26(30(36)24(23)2)13-14-28-33(5)18-17-29(37)32(3,4)27(33)16-19-35(28,34)7/h8-13,23-24,27-30,37H,14-22H2,1-7H3/t23-,24+,27+,28-,29+,30+,33+,34-,35-,36+/m1/s1. The minimum Gasteiger partial charge on any atom is -0.426 e. The van der Waals surface area contributed by atoms with Gasteiger partial charge in [0.15, 0.2) is 0 Å². The van der Waals surface area contributed by atoms with Crippen molar-refractivity contribution in [2.75, 3.05) is 0 Å². The highest BCUT2D eigenvalue weighted by molar-refractivity contribution is 5.81. The number of aliphatic hydroxyl groups excluding tert-OH is 1. The zero-order chi connectivity index (χ0) is 28.0. The summed E-state index contributed by atoms with van der Waals surface area (Å²) in [7, 11) is 0. The normalized spacial score (nSPS) is 48.5. The van der Waals surface area contributed by atoms with Crippen LogP contribution in [0.3, 0.4) is 0 Å². The molecule has 4 saturated carbocycles. The van der Waals surface area contributed by atoms with Crippen LogP contribution in [0.5, 0.6) is 5.75 Å². The number of esters is 1. The van der Waals surface area contributed by atoms with Gasteiger partial charge in [-0.1, -0.05) is 78.3 Å².